The normalized spacial score (nSPS) is 10.3. The number of aromatic amines is 1. The Kier molecular flexibility index (Phi) is 5.85. The number of hydrogen-bond donors (Lipinski definition) is 2. The second-order valence-electron chi connectivity index (χ2n) is 3.77. The topological polar surface area (TPSA) is 66.1 Å². The summed E-state index contributed by atoms with van der Waals surface area (Å²) in [6, 6.07) is 0. The van der Waals surface area contributed by atoms with Gasteiger partial charge in [-0.25, -0.2) is 4.98 Å². The standard InChI is InChI=1S/C10H19N5OS/c1-8-12-9(14-13-8)7-15(2)10(17)11-5-4-6-16-3/h4-7H2,1-3H3,(H,11,17)(H,12,13,14). The summed E-state index contributed by atoms with van der Waals surface area (Å²) in [5.41, 5.74) is 0. The van der Waals surface area contributed by atoms with E-state index in [2.05, 4.69) is 20.5 Å². The van der Waals surface area contributed by atoms with Crippen LogP contribution in [0.3, 0.4) is 0 Å². The van der Waals surface area contributed by atoms with Crippen LogP contribution in [0.25, 0.3) is 0 Å². The van der Waals surface area contributed by atoms with Crippen LogP contribution in [-0.4, -0.2) is 52.5 Å². The molecule has 1 aromatic rings. The predicted octanol–water partition coefficient (Wildman–Crippen LogP) is 0.456. The van der Waals surface area contributed by atoms with E-state index in [0.717, 1.165) is 31.2 Å². The Labute approximate surface area is 107 Å². The quantitative estimate of drug-likeness (QED) is 0.570. The van der Waals surface area contributed by atoms with Crippen molar-refractivity contribution in [1.82, 2.24) is 25.4 Å². The molecule has 6 nitrogen and oxygen atoms in total. The third-order valence-electron chi connectivity index (χ3n) is 2.17. The van der Waals surface area contributed by atoms with E-state index in [0.29, 0.717) is 11.7 Å². The Morgan fingerprint density at radius 2 is 2.35 bits per heavy atom. The monoisotopic (exact) mass is 257 g/mol. The Balaban J connectivity index is 2.27. The lowest BCUT2D eigenvalue weighted by atomic mass is 10.4. The molecule has 0 aliphatic carbocycles. The van der Waals surface area contributed by atoms with Crippen molar-refractivity contribution in [3.05, 3.63) is 11.6 Å². The van der Waals surface area contributed by atoms with Gasteiger partial charge in [0.1, 0.15) is 5.82 Å². The van der Waals surface area contributed by atoms with Gasteiger partial charge in [-0.3, -0.25) is 5.10 Å². The number of thiocarbonyl (C=S) groups is 1. The molecule has 0 aliphatic rings. The van der Waals surface area contributed by atoms with Gasteiger partial charge in [0.2, 0.25) is 0 Å². The molecule has 7 heteroatoms. The van der Waals surface area contributed by atoms with E-state index in [1.54, 1.807) is 7.11 Å². The summed E-state index contributed by atoms with van der Waals surface area (Å²) in [7, 11) is 3.60. The van der Waals surface area contributed by atoms with Crippen molar-refractivity contribution in [3.63, 3.8) is 0 Å². The predicted molar refractivity (Wildman–Crippen MR) is 69.7 cm³/mol. The third kappa shape index (κ3) is 5.10. The van der Waals surface area contributed by atoms with Crippen LogP contribution in [0.5, 0.6) is 0 Å². The second-order valence-corrected chi connectivity index (χ2v) is 4.16. The fourth-order valence-electron chi connectivity index (χ4n) is 1.29. The van der Waals surface area contributed by atoms with Gasteiger partial charge in [-0.1, -0.05) is 0 Å². The van der Waals surface area contributed by atoms with Gasteiger partial charge in [-0.05, 0) is 25.6 Å². The highest BCUT2D eigenvalue weighted by Crippen LogP contribution is 1.97. The van der Waals surface area contributed by atoms with Crippen LogP contribution in [0, 0.1) is 6.92 Å². The molecule has 0 aromatic carbocycles. The molecule has 0 unspecified atom stereocenters. The van der Waals surface area contributed by atoms with Gasteiger partial charge in [-0.15, -0.1) is 0 Å². The number of H-pyrrole nitrogens is 1. The average molecular weight is 257 g/mol. The van der Waals surface area contributed by atoms with Crippen LogP contribution in [0.2, 0.25) is 0 Å². The van der Waals surface area contributed by atoms with E-state index in [-0.39, 0.29) is 0 Å². The molecule has 0 atom stereocenters. The van der Waals surface area contributed by atoms with Crippen LogP contribution >= 0.6 is 12.2 Å². The highest BCUT2D eigenvalue weighted by atomic mass is 32.1. The van der Waals surface area contributed by atoms with Gasteiger partial charge in [-0.2, -0.15) is 5.10 Å². The average Bonchev–Trinajstić information content (AvgIpc) is 2.70. The van der Waals surface area contributed by atoms with Gasteiger partial charge in [0, 0.05) is 27.3 Å². The number of methoxy groups -OCH3 is 1. The third-order valence-corrected chi connectivity index (χ3v) is 2.63. The molecule has 0 fully saturated rings. The summed E-state index contributed by atoms with van der Waals surface area (Å²) in [6.07, 6.45) is 0.935. The van der Waals surface area contributed by atoms with Crippen LogP contribution in [0.15, 0.2) is 0 Å². The number of rotatable bonds is 6. The van der Waals surface area contributed by atoms with E-state index < -0.39 is 0 Å². The lowest BCUT2D eigenvalue weighted by Crippen LogP contribution is -2.37. The van der Waals surface area contributed by atoms with Crippen molar-refractivity contribution in [2.75, 3.05) is 27.3 Å². The Bertz CT molecular complexity index is 354. The first-order valence-corrected chi connectivity index (χ1v) is 5.90. The first-order valence-electron chi connectivity index (χ1n) is 5.49. The first-order chi connectivity index (χ1) is 8.13. The van der Waals surface area contributed by atoms with Crippen molar-refractivity contribution in [2.45, 2.75) is 19.9 Å². The number of nitrogens with zero attached hydrogens (tertiary/aromatic N) is 3. The lowest BCUT2D eigenvalue weighted by molar-refractivity contribution is 0.195. The molecule has 0 bridgehead atoms. The van der Waals surface area contributed by atoms with Crippen molar-refractivity contribution in [3.8, 4) is 0 Å². The highest BCUT2D eigenvalue weighted by molar-refractivity contribution is 7.80. The Hall–Kier alpha value is -1.21. The number of aryl methyl sites for hydroxylation is 1. The first kappa shape index (κ1) is 13.9. The van der Waals surface area contributed by atoms with Crippen molar-refractivity contribution in [1.29, 1.82) is 0 Å². The van der Waals surface area contributed by atoms with Crippen LogP contribution in [-0.2, 0) is 11.3 Å². The van der Waals surface area contributed by atoms with Crippen molar-refractivity contribution >= 4 is 17.3 Å². The fourth-order valence-corrected chi connectivity index (χ4v) is 1.46. The van der Waals surface area contributed by atoms with E-state index >= 15 is 0 Å². The number of ether oxygens (including phenoxy) is 1. The summed E-state index contributed by atoms with van der Waals surface area (Å²) < 4.78 is 4.96. The lowest BCUT2D eigenvalue weighted by Gasteiger charge is -2.19. The van der Waals surface area contributed by atoms with Gasteiger partial charge in [0.25, 0.3) is 0 Å². The molecule has 0 radical (unpaired) electrons. The molecule has 1 aromatic heterocycles. The highest BCUT2D eigenvalue weighted by Gasteiger charge is 2.07. The molecule has 96 valence electrons. The zero-order chi connectivity index (χ0) is 12.7. The Morgan fingerprint density at radius 3 is 2.94 bits per heavy atom. The maximum Gasteiger partial charge on any atom is 0.169 e. The number of aromatic nitrogens is 3. The molecular formula is C10H19N5OS. The summed E-state index contributed by atoms with van der Waals surface area (Å²) in [6.45, 7) is 4.02. The molecule has 1 heterocycles. The van der Waals surface area contributed by atoms with Gasteiger partial charge in [0.15, 0.2) is 10.9 Å². The van der Waals surface area contributed by atoms with E-state index in [4.69, 9.17) is 17.0 Å². The molecule has 0 saturated heterocycles. The summed E-state index contributed by atoms with van der Waals surface area (Å²) >= 11 is 5.24. The van der Waals surface area contributed by atoms with Crippen LogP contribution in [0.4, 0.5) is 0 Å². The smallest absolute Gasteiger partial charge is 0.169 e. The van der Waals surface area contributed by atoms with Crippen LogP contribution < -0.4 is 5.32 Å². The molecule has 0 spiro atoms. The summed E-state index contributed by atoms with van der Waals surface area (Å²) in [5.74, 6) is 1.55. The molecule has 0 saturated carbocycles. The maximum absolute atomic E-state index is 5.24. The molecule has 17 heavy (non-hydrogen) atoms. The maximum atomic E-state index is 5.24. The molecular weight excluding hydrogens is 238 g/mol. The minimum atomic E-state index is 0.598. The largest absolute Gasteiger partial charge is 0.385 e. The second kappa shape index (κ2) is 7.18. The number of hydrogen-bond acceptors (Lipinski definition) is 4. The molecule has 0 amide bonds. The fraction of sp³-hybridized carbons (Fsp3) is 0.700. The van der Waals surface area contributed by atoms with Gasteiger partial charge >= 0.3 is 0 Å². The van der Waals surface area contributed by atoms with Crippen LogP contribution in [0.1, 0.15) is 18.1 Å². The molecule has 2 N–H and O–H groups in total. The number of nitrogens with one attached hydrogen (secondary N) is 2. The minimum Gasteiger partial charge on any atom is -0.385 e. The zero-order valence-electron chi connectivity index (χ0n) is 10.5. The zero-order valence-corrected chi connectivity index (χ0v) is 11.3. The minimum absolute atomic E-state index is 0.598. The SMILES string of the molecule is COCCCNC(=S)N(C)Cc1n[nH]c(C)n1. The van der Waals surface area contributed by atoms with Crippen molar-refractivity contribution in [2.24, 2.45) is 0 Å². The summed E-state index contributed by atoms with van der Waals surface area (Å²) in [4.78, 5) is 6.13. The van der Waals surface area contributed by atoms with Gasteiger partial charge in [0.05, 0.1) is 6.54 Å². The van der Waals surface area contributed by atoms with E-state index in [1.165, 1.54) is 0 Å². The molecule has 0 aliphatic heterocycles. The Morgan fingerprint density at radius 1 is 1.59 bits per heavy atom. The van der Waals surface area contributed by atoms with Crippen molar-refractivity contribution < 1.29 is 4.74 Å². The van der Waals surface area contributed by atoms with E-state index in [1.807, 2.05) is 18.9 Å². The van der Waals surface area contributed by atoms with E-state index in [9.17, 15) is 0 Å². The summed E-state index contributed by atoms with van der Waals surface area (Å²) in [5, 5.41) is 10.7. The van der Waals surface area contributed by atoms with Gasteiger partial charge < -0.3 is 15.0 Å². The molecule has 1 rings (SSSR count).